The van der Waals surface area contributed by atoms with Crippen LogP contribution < -0.4 is 0 Å². The summed E-state index contributed by atoms with van der Waals surface area (Å²) in [5.74, 6) is 0. The molecule has 0 atom stereocenters. The van der Waals surface area contributed by atoms with Gasteiger partial charge < -0.3 is 4.98 Å². The van der Waals surface area contributed by atoms with Crippen molar-refractivity contribution in [1.29, 1.82) is 0 Å². The zero-order valence-corrected chi connectivity index (χ0v) is 8.60. The van der Waals surface area contributed by atoms with E-state index in [9.17, 15) is 8.42 Å². The highest BCUT2D eigenvalue weighted by Crippen LogP contribution is 2.21. The number of halogens is 1. The predicted molar refractivity (Wildman–Crippen MR) is 55.4 cm³/mol. The first-order valence-corrected chi connectivity index (χ1v) is 5.06. The summed E-state index contributed by atoms with van der Waals surface area (Å²) in [5.41, 5.74) is 0.690. The maximum Gasteiger partial charge on any atom is 0.296 e. The minimum Gasteiger partial charge on any atom is -0.360 e. The molecule has 0 saturated carbocycles. The van der Waals surface area contributed by atoms with E-state index in [0.717, 1.165) is 0 Å². The summed E-state index contributed by atoms with van der Waals surface area (Å²) in [6.07, 6.45) is 1.28. The normalized spacial score (nSPS) is 11.2. The Morgan fingerprint density at radius 1 is 1.21 bits per heavy atom. The van der Waals surface area contributed by atoms with E-state index in [1.807, 2.05) is 0 Å². The van der Waals surface area contributed by atoms with Crippen molar-refractivity contribution in [2.75, 3.05) is 0 Å². The van der Waals surface area contributed by atoms with Gasteiger partial charge in [0.15, 0.2) is 0 Å². The molecule has 1 aromatic carbocycles. The van der Waals surface area contributed by atoms with E-state index in [4.69, 9.17) is 4.55 Å². The van der Waals surface area contributed by atoms with Crippen LogP contribution in [0.1, 0.15) is 0 Å². The number of H-pyrrole nitrogens is 1. The number of rotatable bonds is 1. The Morgan fingerprint density at radius 2 is 1.86 bits per heavy atom. The maximum absolute atomic E-state index is 10.8. The first-order chi connectivity index (χ1) is 6.09. The van der Waals surface area contributed by atoms with Gasteiger partial charge in [-0.1, -0.05) is 18.2 Å². The van der Waals surface area contributed by atoms with Gasteiger partial charge in [0.25, 0.3) is 10.1 Å². The molecule has 1 aromatic heterocycles. The number of para-hydroxylation sites is 1. The second-order valence-corrected chi connectivity index (χ2v) is 4.06. The van der Waals surface area contributed by atoms with E-state index in [0.29, 0.717) is 10.9 Å². The summed E-state index contributed by atoms with van der Waals surface area (Å²) >= 11 is 0. The number of fused-ring (bicyclic) bond motifs is 1. The molecule has 0 aliphatic rings. The van der Waals surface area contributed by atoms with Gasteiger partial charge in [0, 0.05) is 17.1 Å². The average Bonchev–Trinajstić information content (AvgIpc) is 2.45. The number of aromatic nitrogens is 1. The van der Waals surface area contributed by atoms with Crippen LogP contribution in [-0.4, -0.2) is 18.0 Å². The topological polar surface area (TPSA) is 70.2 Å². The Labute approximate surface area is 87.1 Å². The van der Waals surface area contributed by atoms with Crippen LogP contribution >= 0.6 is 12.4 Å². The molecule has 0 aliphatic heterocycles. The van der Waals surface area contributed by atoms with Crippen LogP contribution in [0.25, 0.3) is 10.9 Å². The molecule has 14 heavy (non-hydrogen) atoms. The molecule has 2 N–H and O–H groups in total. The highest BCUT2D eigenvalue weighted by molar-refractivity contribution is 7.86. The van der Waals surface area contributed by atoms with Crippen LogP contribution in [0.15, 0.2) is 35.4 Å². The van der Waals surface area contributed by atoms with Gasteiger partial charge in [-0.2, -0.15) is 8.42 Å². The minimum absolute atomic E-state index is 0. The molecule has 4 nitrogen and oxygen atoms in total. The van der Waals surface area contributed by atoms with Crippen molar-refractivity contribution in [3.8, 4) is 0 Å². The van der Waals surface area contributed by atoms with Crippen molar-refractivity contribution in [3.63, 3.8) is 0 Å². The van der Waals surface area contributed by atoms with E-state index >= 15 is 0 Å². The number of hydrogen-bond donors (Lipinski definition) is 2. The largest absolute Gasteiger partial charge is 0.360 e. The SMILES string of the molecule is Cl.O=S(=O)(O)c1c[nH]c2ccccc12. The lowest BCUT2D eigenvalue weighted by Gasteiger charge is -1.92. The van der Waals surface area contributed by atoms with E-state index in [1.54, 1.807) is 24.3 Å². The van der Waals surface area contributed by atoms with Gasteiger partial charge in [-0.3, -0.25) is 4.55 Å². The Morgan fingerprint density at radius 3 is 2.50 bits per heavy atom. The number of benzene rings is 1. The molecule has 2 rings (SSSR count). The smallest absolute Gasteiger partial charge is 0.296 e. The monoisotopic (exact) mass is 233 g/mol. The number of nitrogens with one attached hydrogen (secondary N) is 1. The highest BCUT2D eigenvalue weighted by Gasteiger charge is 2.14. The van der Waals surface area contributed by atoms with Gasteiger partial charge in [-0.15, -0.1) is 12.4 Å². The van der Waals surface area contributed by atoms with E-state index in [2.05, 4.69) is 4.98 Å². The summed E-state index contributed by atoms with van der Waals surface area (Å²) in [6, 6.07) is 6.87. The van der Waals surface area contributed by atoms with Crippen LogP contribution in [-0.2, 0) is 10.1 Å². The van der Waals surface area contributed by atoms with E-state index < -0.39 is 10.1 Å². The lowest BCUT2D eigenvalue weighted by atomic mass is 10.2. The van der Waals surface area contributed by atoms with Gasteiger partial charge in [-0.05, 0) is 6.07 Å². The fraction of sp³-hybridized carbons (Fsp3) is 0. The van der Waals surface area contributed by atoms with Gasteiger partial charge >= 0.3 is 0 Å². The van der Waals surface area contributed by atoms with E-state index in [-0.39, 0.29) is 17.3 Å². The van der Waals surface area contributed by atoms with E-state index in [1.165, 1.54) is 6.20 Å². The van der Waals surface area contributed by atoms with Crippen LogP contribution in [0.5, 0.6) is 0 Å². The quantitative estimate of drug-likeness (QED) is 0.739. The fourth-order valence-corrected chi connectivity index (χ4v) is 1.92. The minimum atomic E-state index is -4.12. The fourth-order valence-electron chi connectivity index (χ4n) is 1.26. The summed E-state index contributed by atoms with van der Waals surface area (Å²) in [5, 5.41) is 0.505. The van der Waals surface area contributed by atoms with Gasteiger partial charge in [0.2, 0.25) is 0 Å². The zero-order valence-electron chi connectivity index (χ0n) is 6.97. The number of aromatic amines is 1. The Balaban J connectivity index is 0.000000980. The maximum atomic E-state index is 10.8. The third-order valence-electron chi connectivity index (χ3n) is 1.83. The molecule has 0 spiro atoms. The second kappa shape index (κ2) is 3.61. The van der Waals surface area contributed by atoms with Crippen LogP contribution in [0.2, 0.25) is 0 Å². The third kappa shape index (κ3) is 1.75. The highest BCUT2D eigenvalue weighted by atomic mass is 35.5. The first-order valence-electron chi connectivity index (χ1n) is 3.62. The molecule has 2 aromatic rings. The summed E-state index contributed by atoms with van der Waals surface area (Å²) in [4.78, 5) is 2.68. The molecular formula is C8H8ClNO3S. The summed E-state index contributed by atoms with van der Waals surface area (Å²) < 4.78 is 30.5. The Bertz CT molecular complexity index is 546. The lowest BCUT2D eigenvalue weighted by Crippen LogP contribution is -1.95. The van der Waals surface area contributed by atoms with Crippen LogP contribution in [0, 0.1) is 0 Å². The molecular weight excluding hydrogens is 226 g/mol. The van der Waals surface area contributed by atoms with Crippen molar-refractivity contribution >= 4 is 33.4 Å². The third-order valence-corrected chi connectivity index (χ3v) is 2.72. The number of hydrogen-bond acceptors (Lipinski definition) is 2. The zero-order chi connectivity index (χ0) is 9.47. The first kappa shape index (κ1) is 11.0. The van der Waals surface area contributed by atoms with Crippen molar-refractivity contribution in [2.24, 2.45) is 0 Å². The Kier molecular flexibility index (Phi) is 2.84. The molecule has 0 radical (unpaired) electrons. The van der Waals surface area contributed by atoms with Crippen LogP contribution in [0.4, 0.5) is 0 Å². The van der Waals surface area contributed by atoms with Crippen LogP contribution in [0.3, 0.4) is 0 Å². The average molecular weight is 234 g/mol. The predicted octanol–water partition coefficient (Wildman–Crippen LogP) is 1.84. The standard InChI is InChI=1S/C8H7NO3S.ClH/c10-13(11,12)8-5-9-7-4-2-1-3-6(7)8;/h1-5,9H,(H,10,11,12);1H. The van der Waals surface area contributed by atoms with Crippen molar-refractivity contribution in [3.05, 3.63) is 30.5 Å². The van der Waals surface area contributed by atoms with Gasteiger partial charge in [0.05, 0.1) is 0 Å². The molecule has 0 bridgehead atoms. The molecule has 1 heterocycles. The van der Waals surface area contributed by atoms with Crippen molar-refractivity contribution in [1.82, 2.24) is 4.98 Å². The van der Waals surface area contributed by atoms with Crippen molar-refractivity contribution in [2.45, 2.75) is 4.90 Å². The second-order valence-electron chi connectivity index (χ2n) is 2.67. The lowest BCUT2D eigenvalue weighted by molar-refractivity contribution is 0.484. The molecule has 6 heteroatoms. The van der Waals surface area contributed by atoms with Gasteiger partial charge in [-0.25, -0.2) is 0 Å². The molecule has 0 amide bonds. The molecule has 0 saturated heterocycles. The Hall–Kier alpha value is -1.04. The molecule has 76 valence electrons. The summed E-state index contributed by atoms with van der Waals surface area (Å²) in [6.45, 7) is 0. The summed E-state index contributed by atoms with van der Waals surface area (Å²) in [7, 11) is -4.12. The molecule has 0 fully saturated rings. The molecule has 0 unspecified atom stereocenters. The van der Waals surface area contributed by atoms with Gasteiger partial charge in [0.1, 0.15) is 4.90 Å². The molecule has 0 aliphatic carbocycles. The van der Waals surface area contributed by atoms with Crippen molar-refractivity contribution < 1.29 is 13.0 Å².